The van der Waals surface area contributed by atoms with Crippen LogP contribution < -0.4 is 14.8 Å². The van der Waals surface area contributed by atoms with Crippen LogP contribution in [0.1, 0.15) is 23.2 Å². The molecule has 0 saturated heterocycles. The molecule has 7 heteroatoms. The van der Waals surface area contributed by atoms with Crippen molar-refractivity contribution in [1.29, 1.82) is 0 Å². The number of benzene rings is 3. The molecule has 0 aliphatic rings. The Morgan fingerprint density at radius 1 is 1.00 bits per heavy atom. The van der Waals surface area contributed by atoms with Crippen LogP contribution in [0.3, 0.4) is 0 Å². The molecule has 0 spiro atoms. The molecule has 0 atom stereocenters. The number of carbonyl (C=O) groups excluding carboxylic acids is 1. The highest BCUT2D eigenvalue weighted by molar-refractivity contribution is 5.76. The summed E-state index contributed by atoms with van der Waals surface area (Å²) in [7, 11) is 1.60. The molecular weight excluding hydrogens is 433 g/mol. The Bertz CT molecular complexity index is 1250. The van der Waals surface area contributed by atoms with E-state index in [4.69, 9.17) is 9.47 Å². The van der Waals surface area contributed by atoms with Gasteiger partial charge < -0.3 is 14.8 Å². The zero-order valence-electron chi connectivity index (χ0n) is 19.1. The van der Waals surface area contributed by atoms with Crippen molar-refractivity contribution in [2.75, 3.05) is 7.11 Å². The zero-order chi connectivity index (χ0) is 23.9. The number of nitrogens with zero attached hydrogens (tertiary/aromatic N) is 2. The molecule has 34 heavy (non-hydrogen) atoms. The van der Waals surface area contributed by atoms with Crippen LogP contribution in [-0.4, -0.2) is 22.8 Å². The Balaban J connectivity index is 1.58. The number of para-hydroxylation sites is 1. The van der Waals surface area contributed by atoms with Crippen LogP contribution in [0.2, 0.25) is 0 Å². The first-order valence-electron chi connectivity index (χ1n) is 11.0. The third kappa shape index (κ3) is 5.43. The second kappa shape index (κ2) is 10.7. The highest BCUT2D eigenvalue weighted by atomic mass is 19.1. The zero-order valence-corrected chi connectivity index (χ0v) is 19.1. The van der Waals surface area contributed by atoms with Crippen LogP contribution in [0.15, 0.2) is 78.9 Å². The molecule has 3 aromatic carbocycles. The standard InChI is InChI=1S/C27H26FN3O3/c1-19-23(16-17-26(32)29-18-20-8-4-3-5-9-20)27(34-25-11-7-6-10-24(25)28)31(30-19)21-12-14-22(33-2)15-13-21/h3-15H,16-18H2,1-2H3,(H,29,32). The topological polar surface area (TPSA) is 65.4 Å². The maximum atomic E-state index is 14.4. The Morgan fingerprint density at radius 3 is 2.41 bits per heavy atom. The summed E-state index contributed by atoms with van der Waals surface area (Å²) < 4.78 is 27.3. The SMILES string of the molecule is COc1ccc(-n2nc(C)c(CCC(=O)NCc3ccccc3)c2Oc2ccccc2F)cc1. The predicted octanol–water partition coefficient (Wildman–Crippen LogP) is 5.37. The molecule has 0 radical (unpaired) electrons. The summed E-state index contributed by atoms with van der Waals surface area (Å²) in [6.45, 7) is 2.31. The first-order valence-corrected chi connectivity index (χ1v) is 11.0. The number of halogens is 1. The lowest BCUT2D eigenvalue weighted by Gasteiger charge is -2.12. The van der Waals surface area contributed by atoms with Gasteiger partial charge in [-0.15, -0.1) is 0 Å². The van der Waals surface area contributed by atoms with E-state index in [9.17, 15) is 9.18 Å². The fourth-order valence-electron chi connectivity index (χ4n) is 3.58. The smallest absolute Gasteiger partial charge is 0.226 e. The quantitative estimate of drug-likeness (QED) is 0.366. The average molecular weight is 460 g/mol. The lowest BCUT2D eigenvalue weighted by atomic mass is 10.1. The third-order valence-electron chi connectivity index (χ3n) is 5.43. The van der Waals surface area contributed by atoms with E-state index >= 15 is 0 Å². The van der Waals surface area contributed by atoms with Crippen molar-refractivity contribution in [3.05, 3.63) is 102 Å². The molecular formula is C27H26FN3O3. The van der Waals surface area contributed by atoms with Crippen LogP contribution in [0, 0.1) is 12.7 Å². The Kier molecular flexibility index (Phi) is 7.22. The van der Waals surface area contributed by atoms with Gasteiger partial charge in [-0.05, 0) is 55.3 Å². The van der Waals surface area contributed by atoms with E-state index in [-0.39, 0.29) is 18.1 Å². The molecule has 0 bridgehead atoms. The summed E-state index contributed by atoms with van der Waals surface area (Å²) >= 11 is 0. The predicted molar refractivity (Wildman–Crippen MR) is 128 cm³/mol. The van der Waals surface area contributed by atoms with Gasteiger partial charge in [-0.25, -0.2) is 9.07 Å². The monoisotopic (exact) mass is 459 g/mol. The summed E-state index contributed by atoms with van der Waals surface area (Å²) in [5.41, 5.74) is 3.21. The number of carbonyl (C=O) groups is 1. The second-order valence-corrected chi connectivity index (χ2v) is 7.77. The lowest BCUT2D eigenvalue weighted by molar-refractivity contribution is -0.121. The number of hydrogen-bond donors (Lipinski definition) is 1. The number of hydrogen-bond acceptors (Lipinski definition) is 4. The first kappa shape index (κ1) is 23.0. The highest BCUT2D eigenvalue weighted by Crippen LogP contribution is 2.33. The van der Waals surface area contributed by atoms with Crippen molar-refractivity contribution in [2.45, 2.75) is 26.3 Å². The van der Waals surface area contributed by atoms with Gasteiger partial charge >= 0.3 is 0 Å². The van der Waals surface area contributed by atoms with E-state index in [1.54, 1.807) is 30.0 Å². The van der Waals surface area contributed by atoms with Crippen molar-refractivity contribution in [2.24, 2.45) is 0 Å². The number of aryl methyl sites for hydroxylation is 1. The van der Waals surface area contributed by atoms with Crippen LogP contribution >= 0.6 is 0 Å². The van der Waals surface area contributed by atoms with Crippen molar-refractivity contribution in [3.8, 4) is 23.1 Å². The van der Waals surface area contributed by atoms with Gasteiger partial charge in [0.2, 0.25) is 11.8 Å². The molecule has 1 N–H and O–H groups in total. The third-order valence-corrected chi connectivity index (χ3v) is 5.43. The number of nitrogens with one attached hydrogen (secondary N) is 1. The van der Waals surface area contributed by atoms with Gasteiger partial charge in [-0.2, -0.15) is 5.10 Å². The van der Waals surface area contributed by atoms with Crippen LogP contribution in [0.25, 0.3) is 5.69 Å². The lowest BCUT2D eigenvalue weighted by Crippen LogP contribution is -2.23. The molecule has 6 nitrogen and oxygen atoms in total. The molecule has 174 valence electrons. The van der Waals surface area contributed by atoms with Crippen molar-refractivity contribution >= 4 is 5.91 Å². The summed E-state index contributed by atoms with van der Waals surface area (Å²) in [6, 6.07) is 23.3. The van der Waals surface area contributed by atoms with E-state index < -0.39 is 5.82 Å². The largest absolute Gasteiger partial charge is 0.497 e. The minimum atomic E-state index is -0.478. The van der Waals surface area contributed by atoms with Crippen molar-refractivity contribution in [1.82, 2.24) is 15.1 Å². The average Bonchev–Trinajstić information content (AvgIpc) is 3.18. The van der Waals surface area contributed by atoms with Gasteiger partial charge in [0, 0.05) is 18.5 Å². The van der Waals surface area contributed by atoms with Gasteiger partial charge in [0.15, 0.2) is 11.6 Å². The second-order valence-electron chi connectivity index (χ2n) is 7.77. The normalized spacial score (nSPS) is 10.7. The summed E-state index contributed by atoms with van der Waals surface area (Å²) in [6.07, 6.45) is 0.641. The van der Waals surface area contributed by atoms with Gasteiger partial charge in [-0.1, -0.05) is 42.5 Å². The molecule has 4 rings (SSSR count). The Morgan fingerprint density at radius 2 is 1.71 bits per heavy atom. The molecule has 0 aliphatic carbocycles. The van der Waals surface area contributed by atoms with Crippen LogP contribution in [0.5, 0.6) is 17.4 Å². The molecule has 0 saturated carbocycles. The minimum absolute atomic E-state index is 0.0858. The van der Waals surface area contributed by atoms with E-state index in [2.05, 4.69) is 10.4 Å². The molecule has 0 fully saturated rings. The van der Waals surface area contributed by atoms with Crippen molar-refractivity contribution < 1.29 is 18.7 Å². The maximum absolute atomic E-state index is 14.4. The van der Waals surface area contributed by atoms with Crippen LogP contribution in [0.4, 0.5) is 4.39 Å². The number of amides is 1. The number of aromatic nitrogens is 2. The fraction of sp³-hybridized carbons (Fsp3) is 0.185. The number of methoxy groups -OCH3 is 1. The van der Waals surface area contributed by atoms with Gasteiger partial charge in [0.1, 0.15) is 5.75 Å². The molecule has 0 unspecified atom stereocenters. The highest BCUT2D eigenvalue weighted by Gasteiger charge is 2.21. The molecule has 1 heterocycles. The molecule has 1 aromatic heterocycles. The van der Waals surface area contributed by atoms with Crippen molar-refractivity contribution in [3.63, 3.8) is 0 Å². The molecule has 4 aromatic rings. The van der Waals surface area contributed by atoms with Gasteiger partial charge in [0.25, 0.3) is 0 Å². The van der Waals surface area contributed by atoms with Crippen LogP contribution in [-0.2, 0) is 17.8 Å². The summed E-state index contributed by atoms with van der Waals surface area (Å²) in [5.74, 6) is 0.613. The minimum Gasteiger partial charge on any atom is -0.497 e. The number of ether oxygens (including phenoxy) is 2. The molecule has 1 amide bonds. The van der Waals surface area contributed by atoms with E-state index in [0.29, 0.717) is 30.3 Å². The van der Waals surface area contributed by atoms with E-state index in [0.717, 1.165) is 16.8 Å². The van der Waals surface area contributed by atoms with Gasteiger partial charge in [-0.3, -0.25) is 4.79 Å². The summed E-state index contributed by atoms with van der Waals surface area (Å²) in [4.78, 5) is 12.5. The van der Waals surface area contributed by atoms with E-state index in [1.165, 1.54) is 6.07 Å². The Labute approximate surface area is 198 Å². The number of rotatable bonds is 9. The maximum Gasteiger partial charge on any atom is 0.226 e. The fourth-order valence-corrected chi connectivity index (χ4v) is 3.58. The Hall–Kier alpha value is -4.13. The first-order chi connectivity index (χ1) is 16.5. The van der Waals surface area contributed by atoms with E-state index in [1.807, 2.05) is 61.5 Å². The summed E-state index contributed by atoms with van der Waals surface area (Å²) in [5, 5.41) is 7.57. The molecule has 0 aliphatic heterocycles. The van der Waals surface area contributed by atoms with Gasteiger partial charge in [0.05, 0.1) is 18.5 Å².